The van der Waals surface area contributed by atoms with Crippen LogP contribution >= 0.6 is 0 Å². The second-order valence-corrected chi connectivity index (χ2v) is 8.95. The molecule has 0 aromatic heterocycles. The van der Waals surface area contributed by atoms with Gasteiger partial charge >= 0.3 is 0 Å². The molecule has 1 aliphatic rings. The summed E-state index contributed by atoms with van der Waals surface area (Å²) in [4.78, 5) is 6.94. The molecule has 0 heterocycles. The maximum Gasteiger partial charge on any atom is 0.0160 e. The first-order chi connectivity index (χ1) is 16.0. The molecule has 0 aliphatic heterocycles. The van der Waals surface area contributed by atoms with E-state index >= 15 is 0 Å². The van der Waals surface area contributed by atoms with E-state index in [1.807, 2.05) is 18.2 Å². The average molecular weight is 523 g/mol. The minimum Gasteiger partial charge on any atom is -0.300 e. The zero-order valence-corrected chi connectivity index (χ0v) is 27.1. The molecule has 35 heavy (non-hydrogen) atoms. The Kier molecular flexibility index (Phi) is 31.2. The molecule has 0 aromatic rings. The third-order valence-electron chi connectivity index (χ3n) is 6.41. The van der Waals surface area contributed by atoms with E-state index in [1.165, 1.54) is 16.7 Å². The number of nitrogens with zero attached hydrogens (tertiary/aromatic N) is 3. The fraction of sp³-hybridized carbons (Fsp3) is 0.677. The first-order valence-electron chi connectivity index (χ1n) is 13.3. The second kappa shape index (κ2) is 26.4. The van der Waals surface area contributed by atoms with Gasteiger partial charge in [-0.15, -0.1) is 26.7 Å². The number of likely N-dealkylation sites (N-methyl/N-ethyl adjacent to an activating group) is 3. The van der Waals surface area contributed by atoms with Crippen LogP contribution < -0.4 is 0 Å². The smallest absolute Gasteiger partial charge is 0.0160 e. The quantitative estimate of drug-likeness (QED) is 0.148. The van der Waals surface area contributed by atoms with Crippen LogP contribution in [0.15, 0.2) is 54.7 Å². The topological polar surface area (TPSA) is 9.72 Å². The van der Waals surface area contributed by atoms with Gasteiger partial charge in [-0.3, -0.25) is 6.08 Å². The van der Waals surface area contributed by atoms with Crippen molar-refractivity contribution in [3.8, 4) is 0 Å². The first kappa shape index (κ1) is 41.4. The Morgan fingerprint density at radius 2 is 0.886 bits per heavy atom. The largest absolute Gasteiger partial charge is 0.300 e. The van der Waals surface area contributed by atoms with Gasteiger partial charge in [-0.2, -0.15) is 11.1 Å². The number of hydrogen-bond donors (Lipinski definition) is 0. The predicted molar refractivity (Wildman–Crippen MR) is 159 cm³/mol. The molecule has 0 bridgehead atoms. The van der Waals surface area contributed by atoms with Crippen LogP contribution in [0.2, 0.25) is 0 Å². The van der Waals surface area contributed by atoms with E-state index < -0.39 is 0 Å². The van der Waals surface area contributed by atoms with E-state index in [-0.39, 0.29) is 27.1 Å². The normalized spacial score (nSPS) is 13.5. The summed E-state index contributed by atoms with van der Waals surface area (Å²) >= 11 is 0. The second-order valence-electron chi connectivity index (χ2n) is 8.95. The van der Waals surface area contributed by atoms with Crippen molar-refractivity contribution in [2.24, 2.45) is 5.41 Å². The van der Waals surface area contributed by atoms with E-state index in [0.717, 1.165) is 58.9 Å². The standard InChI is InChI=1S/C10H15.3C7H15N.Ti/c1-7-6-10(4,5)9(3)8(7)2;3*1-4-7-8(5-2)6-3;/h1-5H3;3*4H,1,5-7H2,2-3H3;/q-1;;;;. The van der Waals surface area contributed by atoms with Gasteiger partial charge in [-0.05, 0) is 39.3 Å². The van der Waals surface area contributed by atoms with Gasteiger partial charge in [-0.1, -0.05) is 92.9 Å². The van der Waals surface area contributed by atoms with E-state index in [1.54, 1.807) is 0 Å². The summed E-state index contributed by atoms with van der Waals surface area (Å²) in [6, 6.07) is 0. The SMILES string of the molecule is C=CCN(CC)CC.C=CCN(CC)CC.C=CCN(CC)CC.CC1=[C-]C(C)(C)C(C)=C1C.[Ti]. The molecule has 0 atom stereocenters. The molecule has 0 radical (unpaired) electrons. The van der Waals surface area contributed by atoms with Gasteiger partial charge in [0.2, 0.25) is 0 Å². The third-order valence-corrected chi connectivity index (χ3v) is 6.41. The summed E-state index contributed by atoms with van der Waals surface area (Å²) in [5, 5.41) is 0. The molecule has 4 heteroatoms. The predicted octanol–water partition coefficient (Wildman–Crippen LogP) is 7.65. The van der Waals surface area contributed by atoms with Crippen LogP contribution in [-0.2, 0) is 21.7 Å². The summed E-state index contributed by atoms with van der Waals surface area (Å²) in [5.74, 6) is 0. The molecule has 204 valence electrons. The van der Waals surface area contributed by atoms with Crippen LogP contribution in [0.3, 0.4) is 0 Å². The van der Waals surface area contributed by atoms with Gasteiger partial charge in [0.05, 0.1) is 0 Å². The van der Waals surface area contributed by atoms with Gasteiger partial charge in [-0.25, -0.2) is 5.57 Å². The zero-order valence-electron chi connectivity index (χ0n) is 25.6. The van der Waals surface area contributed by atoms with E-state index in [2.05, 4.69) is 117 Å². The molecule has 0 unspecified atom stereocenters. The molecular weight excluding hydrogens is 462 g/mol. The van der Waals surface area contributed by atoms with Gasteiger partial charge < -0.3 is 14.7 Å². The summed E-state index contributed by atoms with van der Waals surface area (Å²) < 4.78 is 0. The Labute approximate surface area is 237 Å². The summed E-state index contributed by atoms with van der Waals surface area (Å²) in [6.45, 7) is 44.7. The summed E-state index contributed by atoms with van der Waals surface area (Å²) in [6.07, 6.45) is 9.25. The number of rotatable bonds is 12. The van der Waals surface area contributed by atoms with Crippen molar-refractivity contribution < 1.29 is 21.7 Å². The number of allylic oxidation sites excluding steroid dienone is 4. The van der Waals surface area contributed by atoms with Crippen molar-refractivity contribution in [3.05, 3.63) is 60.8 Å². The maximum atomic E-state index is 3.65. The molecule has 0 spiro atoms. The van der Waals surface area contributed by atoms with Crippen LogP contribution in [0, 0.1) is 11.5 Å². The van der Waals surface area contributed by atoms with Crippen LogP contribution in [-0.4, -0.2) is 73.6 Å². The van der Waals surface area contributed by atoms with Crippen molar-refractivity contribution >= 4 is 0 Å². The van der Waals surface area contributed by atoms with E-state index in [0.29, 0.717) is 0 Å². The fourth-order valence-corrected chi connectivity index (χ4v) is 3.40. The van der Waals surface area contributed by atoms with Gasteiger partial charge in [0, 0.05) is 41.4 Å². The van der Waals surface area contributed by atoms with Crippen LogP contribution in [0.25, 0.3) is 0 Å². The van der Waals surface area contributed by atoms with Crippen LogP contribution in [0.1, 0.15) is 76.2 Å². The molecule has 0 aromatic carbocycles. The average Bonchev–Trinajstić information content (AvgIpc) is 3.01. The Morgan fingerprint density at radius 1 is 0.629 bits per heavy atom. The first-order valence-corrected chi connectivity index (χ1v) is 13.3. The van der Waals surface area contributed by atoms with Gasteiger partial charge in [0.1, 0.15) is 0 Å². The zero-order chi connectivity index (χ0) is 27.2. The summed E-state index contributed by atoms with van der Waals surface area (Å²) in [5.41, 5.74) is 4.39. The van der Waals surface area contributed by atoms with Crippen molar-refractivity contribution in [2.45, 2.75) is 76.2 Å². The molecule has 0 fully saturated rings. The van der Waals surface area contributed by atoms with Gasteiger partial charge in [0.25, 0.3) is 0 Å². The minimum atomic E-state index is 0. The Balaban J connectivity index is -0.000000183. The van der Waals surface area contributed by atoms with Crippen molar-refractivity contribution in [1.82, 2.24) is 14.7 Å². The van der Waals surface area contributed by atoms with Crippen molar-refractivity contribution in [2.75, 3.05) is 58.9 Å². The summed E-state index contributed by atoms with van der Waals surface area (Å²) in [7, 11) is 0. The fourth-order valence-electron chi connectivity index (χ4n) is 3.40. The molecule has 1 aliphatic carbocycles. The molecule has 3 nitrogen and oxygen atoms in total. The molecule has 0 saturated heterocycles. The Morgan fingerprint density at radius 3 is 0.943 bits per heavy atom. The molecule has 0 amide bonds. The van der Waals surface area contributed by atoms with Crippen molar-refractivity contribution in [1.29, 1.82) is 0 Å². The van der Waals surface area contributed by atoms with E-state index in [4.69, 9.17) is 0 Å². The molecule has 1 rings (SSSR count). The Hall–Kier alpha value is -0.706. The van der Waals surface area contributed by atoms with Crippen LogP contribution in [0.5, 0.6) is 0 Å². The maximum absolute atomic E-state index is 3.65. The number of hydrogen-bond acceptors (Lipinski definition) is 3. The minimum absolute atomic E-state index is 0. The third kappa shape index (κ3) is 21.1. The monoisotopic (exact) mass is 522 g/mol. The molecule has 0 N–H and O–H groups in total. The van der Waals surface area contributed by atoms with Crippen molar-refractivity contribution in [3.63, 3.8) is 0 Å². The van der Waals surface area contributed by atoms with Gasteiger partial charge in [0.15, 0.2) is 0 Å². The molecule has 0 saturated carbocycles. The van der Waals surface area contributed by atoms with E-state index in [9.17, 15) is 0 Å². The van der Waals surface area contributed by atoms with Crippen LogP contribution in [0.4, 0.5) is 0 Å². The molecular formula is C31H60N3Ti-. The Bertz CT molecular complexity index is 535.